The third-order valence-electron chi connectivity index (χ3n) is 8.30. The maximum atomic E-state index is 9.75. The molecule has 45 heavy (non-hydrogen) atoms. The van der Waals surface area contributed by atoms with E-state index in [2.05, 4.69) is 45.6 Å². The first-order valence-corrected chi connectivity index (χ1v) is 15.7. The summed E-state index contributed by atoms with van der Waals surface area (Å²) < 4.78 is 11.8. The van der Waals surface area contributed by atoms with Gasteiger partial charge in [-0.05, 0) is 43.3 Å². The maximum absolute atomic E-state index is 9.75. The summed E-state index contributed by atoms with van der Waals surface area (Å²) in [5.74, 6) is 0.262. The summed E-state index contributed by atoms with van der Waals surface area (Å²) >= 11 is 13.3. The molecule has 228 valence electrons. The van der Waals surface area contributed by atoms with Gasteiger partial charge in [0, 0.05) is 68.6 Å². The molecule has 0 aliphatic carbocycles. The van der Waals surface area contributed by atoms with Crippen molar-refractivity contribution < 1.29 is 9.47 Å². The minimum atomic E-state index is -0.690. The summed E-state index contributed by atoms with van der Waals surface area (Å²) in [7, 11) is 0. The van der Waals surface area contributed by atoms with Crippen LogP contribution in [-0.2, 0) is 9.47 Å². The van der Waals surface area contributed by atoms with Gasteiger partial charge in [0.05, 0.1) is 18.9 Å². The van der Waals surface area contributed by atoms with Gasteiger partial charge in [0.2, 0.25) is 5.96 Å². The van der Waals surface area contributed by atoms with Crippen LogP contribution in [-0.4, -0.2) is 63.0 Å². The number of guanidine groups is 1. The van der Waals surface area contributed by atoms with Gasteiger partial charge in [0.25, 0.3) is 0 Å². The molecule has 7 rings (SSSR count). The Hall–Kier alpha value is -4.33. The zero-order chi connectivity index (χ0) is 30.9. The van der Waals surface area contributed by atoms with Crippen molar-refractivity contribution in [1.82, 2.24) is 5.32 Å². The molecule has 0 saturated carbocycles. The van der Waals surface area contributed by atoms with Crippen LogP contribution in [0.1, 0.15) is 18.1 Å². The van der Waals surface area contributed by atoms with E-state index in [1.165, 1.54) is 0 Å². The van der Waals surface area contributed by atoms with E-state index in [1.807, 2.05) is 66.9 Å². The van der Waals surface area contributed by atoms with Crippen LogP contribution in [0.5, 0.6) is 0 Å². The van der Waals surface area contributed by atoms with Gasteiger partial charge in [-0.1, -0.05) is 65.7 Å². The molecule has 2 unspecified atom stereocenters. The largest absolute Gasteiger partial charge is 0.378 e. The van der Waals surface area contributed by atoms with Crippen LogP contribution in [0.15, 0.2) is 88.8 Å². The molecule has 0 aromatic heterocycles. The molecule has 3 aliphatic rings. The van der Waals surface area contributed by atoms with Crippen LogP contribution in [0, 0.1) is 11.5 Å². The van der Waals surface area contributed by atoms with Crippen molar-refractivity contribution in [3.8, 4) is 6.19 Å². The smallest absolute Gasteiger partial charge is 0.211 e. The predicted molar refractivity (Wildman–Crippen MR) is 181 cm³/mol. The first-order valence-electron chi connectivity index (χ1n) is 14.9. The Morgan fingerprint density at radius 1 is 0.978 bits per heavy atom. The molecule has 2 saturated heterocycles. The summed E-state index contributed by atoms with van der Waals surface area (Å²) in [5, 5.41) is 19.1. The lowest BCUT2D eigenvalue weighted by Crippen LogP contribution is -2.36. The van der Waals surface area contributed by atoms with E-state index >= 15 is 0 Å². The number of nitriles is 1. The van der Waals surface area contributed by atoms with Crippen LogP contribution in [0.4, 0.5) is 17.1 Å². The van der Waals surface area contributed by atoms with Crippen molar-refractivity contribution >= 4 is 62.7 Å². The zero-order valence-corrected chi connectivity index (χ0v) is 26.1. The molecule has 0 amide bonds. The highest BCUT2D eigenvalue weighted by Crippen LogP contribution is 2.41. The van der Waals surface area contributed by atoms with Crippen molar-refractivity contribution in [2.75, 3.05) is 48.0 Å². The number of morpholine rings is 1. The fraction of sp³-hybridized carbons (Fsp3) is 0.265. The first kappa shape index (κ1) is 29.4. The topological polar surface area (TPSA) is 101 Å². The lowest BCUT2D eigenvalue weighted by molar-refractivity contribution is 0.123. The minimum absolute atomic E-state index is 0.239. The number of hydrogen-bond acceptors (Lipinski definition) is 7. The molecule has 3 heterocycles. The van der Waals surface area contributed by atoms with E-state index in [0.29, 0.717) is 35.5 Å². The Labute approximate surface area is 271 Å². The lowest BCUT2D eigenvalue weighted by atomic mass is 9.98. The van der Waals surface area contributed by atoms with Crippen LogP contribution >= 0.6 is 23.2 Å². The lowest BCUT2D eigenvalue weighted by Gasteiger charge is -2.30. The normalized spacial score (nSPS) is 22.3. The van der Waals surface area contributed by atoms with Gasteiger partial charge in [0.15, 0.2) is 18.6 Å². The Morgan fingerprint density at radius 2 is 1.73 bits per heavy atom. The molecule has 3 aliphatic heterocycles. The maximum Gasteiger partial charge on any atom is 0.211 e. The molecule has 2 N–H and O–H groups in total. The number of benzene rings is 4. The summed E-state index contributed by atoms with van der Waals surface area (Å²) in [6.45, 7) is 5.85. The number of likely N-dealkylation sites (N-methyl/N-ethyl adjacent to an activating group) is 1. The molecular weight excluding hydrogens is 609 g/mol. The van der Waals surface area contributed by atoms with Gasteiger partial charge in [-0.2, -0.15) is 5.26 Å². The number of fused-ring (bicyclic) bond motifs is 3. The minimum Gasteiger partial charge on any atom is -0.378 e. The number of nitrogens with one attached hydrogen (secondary N) is 2. The number of ether oxygens (including phenoxy) is 2. The highest BCUT2D eigenvalue weighted by molar-refractivity contribution is 6.36. The number of halogens is 2. The van der Waals surface area contributed by atoms with Crippen LogP contribution < -0.4 is 20.4 Å². The third kappa shape index (κ3) is 5.78. The fourth-order valence-corrected chi connectivity index (χ4v) is 6.54. The SMILES string of the molecule is CCN1c2ccc(Cl)cc2/C(c2ccccc2Cl)=N\C(/N=C(\NC#N)Nc2ccc(N3CCOCC3)c3ccccc23)C2O[C@@H]21. The molecule has 0 radical (unpaired) electrons. The monoisotopic (exact) mass is 639 g/mol. The van der Waals surface area contributed by atoms with E-state index in [1.54, 1.807) is 0 Å². The van der Waals surface area contributed by atoms with Crippen LogP contribution in [0.3, 0.4) is 0 Å². The van der Waals surface area contributed by atoms with Gasteiger partial charge in [-0.3, -0.25) is 10.3 Å². The van der Waals surface area contributed by atoms with Gasteiger partial charge in [-0.25, -0.2) is 4.99 Å². The molecule has 4 aromatic carbocycles. The van der Waals surface area contributed by atoms with E-state index in [4.69, 9.17) is 42.7 Å². The number of rotatable bonds is 5. The van der Waals surface area contributed by atoms with E-state index in [0.717, 1.165) is 52.1 Å². The summed E-state index contributed by atoms with van der Waals surface area (Å²) in [6.07, 6.45) is 0.764. The molecular formula is C34H31Cl2N7O2. The summed E-state index contributed by atoms with van der Waals surface area (Å²) in [5.41, 5.74) is 5.15. The highest BCUT2D eigenvalue weighted by atomic mass is 35.5. The summed E-state index contributed by atoms with van der Waals surface area (Å²) in [6, 6.07) is 25.7. The van der Waals surface area contributed by atoms with E-state index in [-0.39, 0.29) is 18.3 Å². The van der Waals surface area contributed by atoms with E-state index < -0.39 is 6.17 Å². The molecule has 0 spiro atoms. The molecule has 11 heteroatoms. The average Bonchev–Trinajstić information content (AvgIpc) is 3.85. The second-order valence-corrected chi connectivity index (χ2v) is 11.8. The van der Waals surface area contributed by atoms with Gasteiger partial charge >= 0.3 is 0 Å². The van der Waals surface area contributed by atoms with Crippen molar-refractivity contribution in [3.63, 3.8) is 0 Å². The third-order valence-corrected chi connectivity index (χ3v) is 8.86. The van der Waals surface area contributed by atoms with Crippen molar-refractivity contribution in [1.29, 1.82) is 5.26 Å². The number of epoxide rings is 1. The predicted octanol–water partition coefficient (Wildman–Crippen LogP) is 6.25. The Bertz CT molecular complexity index is 1850. The Kier molecular flexibility index (Phi) is 8.21. The summed E-state index contributed by atoms with van der Waals surface area (Å²) in [4.78, 5) is 14.7. The van der Waals surface area contributed by atoms with Crippen LogP contribution in [0.25, 0.3) is 10.8 Å². The Morgan fingerprint density at radius 3 is 2.51 bits per heavy atom. The molecule has 2 fully saturated rings. The first-order chi connectivity index (χ1) is 22.1. The van der Waals surface area contributed by atoms with Gasteiger partial charge < -0.3 is 24.6 Å². The van der Waals surface area contributed by atoms with Crippen molar-refractivity contribution in [2.24, 2.45) is 9.98 Å². The molecule has 9 nitrogen and oxygen atoms in total. The van der Waals surface area contributed by atoms with Gasteiger partial charge in [0.1, 0.15) is 6.10 Å². The van der Waals surface area contributed by atoms with Crippen LogP contribution in [0.2, 0.25) is 10.0 Å². The number of anilines is 3. The molecule has 0 bridgehead atoms. The highest BCUT2D eigenvalue weighted by Gasteiger charge is 2.51. The second kappa shape index (κ2) is 12.6. The van der Waals surface area contributed by atoms with Crippen molar-refractivity contribution in [2.45, 2.75) is 25.4 Å². The quantitative estimate of drug-likeness (QED) is 0.0875. The Balaban J connectivity index is 1.32. The molecule has 4 aromatic rings. The number of nitrogens with zero attached hydrogens (tertiary/aromatic N) is 5. The molecule has 3 atom stereocenters. The zero-order valence-electron chi connectivity index (χ0n) is 24.6. The number of aliphatic imine (C=N–C) groups is 2. The van der Waals surface area contributed by atoms with E-state index in [9.17, 15) is 5.26 Å². The number of hydrogen-bond donors (Lipinski definition) is 2. The van der Waals surface area contributed by atoms with Crippen molar-refractivity contribution in [3.05, 3.63) is 100 Å². The standard InChI is InChI=1S/C34H31Cl2N7O2/c1-2-43-29-13-11-21(35)19-25(29)30(24-9-5-6-10-26(24)36)40-32(31-33(43)45-31)41-34(38-20-37)39-27-12-14-28(42-15-17-44-18-16-42)23-8-4-3-7-22(23)27/h3-14,19,31-33H,2,15-18H2,1H3,(H2,38,39,41)/b40-30-/t31?,32?,33-/m0/s1. The second-order valence-electron chi connectivity index (χ2n) is 10.9. The fourth-order valence-electron chi connectivity index (χ4n) is 6.15. The van der Waals surface area contributed by atoms with Gasteiger partial charge in [-0.15, -0.1) is 0 Å². The average molecular weight is 641 g/mol.